The van der Waals surface area contributed by atoms with E-state index >= 15 is 0 Å². The number of carbonyl (C=O) groups is 3. The molecule has 0 aromatic rings. The van der Waals surface area contributed by atoms with Crippen LogP contribution < -0.4 is 0 Å². The maximum Gasteiger partial charge on any atom is 0.305 e. The third-order valence-corrected chi connectivity index (χ3v) is 10.5. The Labute approximate surface area is 306 Å². The van der Waals surface area contributed by atoms with Crippen LogP contribution in [-0.2, 0) is 33.3 Å². The van der Waals surface area contributed by atoms with Crippen molar-refractivity contribution in [1.82, 2.24) is 0 Å². The van der Waals surface area contributed by atoms with E-state index in [9.17, 15) is 19.5 Å². The van der Waals surface area contributed by atoms with Crippen LogP contribution in [0.1, 0.15) is 200 Å². The van der Waals surface area contributed by atoms with Crippen LogP contribution in [0.5, 0.6) is 0 Å². The smallest absolute Gasteiger partial charge is 0.305 e. The maximum absolute atomic E-state index is 12.4. The Balaban J connectivity index is 2.29. The fraction of sp³-hybridized carbons (Fsp3) is 0.929. The van der Waals surface area contributed by atoms with Gasteiger partial charge in [0.1, 0.15) is 0 Å². The van der Waals surface area contributed by atoms with Crippen molar-refractivity contribution in [3.05, 3.63) is 0 Å². The average molecular weight is 711 g/mol. The van der Waals surface area contributed by atoms with Gasteiger partial charge in [-0.05, 0) is 82.5 Å². The van der Waals surface area contributed by atoms with Gasteiger partial charge in [-0.25, -0.2) is 0 Å². The van der Waals surface area contributed by atoms with Crippen LogP contribution in [0, 0.1) is 11.8 Å². The van der Waals surface area contributed by atoms with E-state index in [1.807, 2.05) is 7.11 Å². The van der Waals surface area contributed by atoms with Gasteiger partial charge in [-0.15, -0.1) is 0 Å². The minimum Gasteiger partial charge on any atom is -0.466 e. The molecule has 0 bridgehead atoms. The van der Waals surface area contributed by atoms with Crippen molar-refractivity contribution in [3.63, 3.8) is 0 Å². The van der Waals surface area contributed by atoms with Gasteiger partial charge in [0.25, 0.3) is 0 Å². The number of carbonyl (C=O) groups excluding carboxylic acids is 3. The summed E-state index contributed by atoms with van der Waals surface area (Å²) in [4.78, 5) is 36.9. The summed E-state index contributed by atoms with van der Waals surface area (Å²) in [7, 11) is 1.84. The Morgan fingerprint density at radius 2 is 1.16 bits per heavy atom. The number of aliphatic hydroxyl groups is 1. The predicted octanol–water partition coefficient (Wildman–Crippen LogP) is 10.6. The zero-order valence-corrected chi connectivity index (χ0v) is 32.6. The monoisotopic (exact) mass is 711 g/mol. The molecule has 1 rings (SSSR count). The van der Waals surface area contributed by atoms with E-state index in [2.05, 4.69) is 6.92 Å². The van der Waals surface area contributed by atoms with E-state index in [1.165, 1.54) is 57.8 Å². The normalized spacial score (nSPS) is 20.5. The highest BCUT2D eigenvalue weighted by atomic mass is 16.5. The van der Waals surface area contributed by atoms with Crippen LogP contribution in [0.25, 0.3) is 0 Å². The molecule has 1 saturated heterocycles. The topological polar surface area (TPSA) is 108 Å². The number of esters is 3. The lowest BCUT2D eigenvalue weighted by Crippen LogP contribution is -2.12. The largest absolute Gasteiger partial charge is 0.466 e. The van der Waals surface area contributed by atoms with Crippen LogP contribution in [0.3, 0.4) is 0 Å². The number of methoxy groups -OCH3 is 1. The minimum absolute atomic E-state index is 0.0969. The minimum atomic E-state index is -0.117. The Hall–Kier alpha value is -1.67. The molecule has 8 heteroatoms. The molecule has 0 spiro atoms. The molecule has 3 unspecified atom stereocenters. The Kier molecular flexibility index (Phi) is 31.9. The zero-order chi connectivity index (χ0) is 36.3. The third-order valence-electron chi connectivity index (χ3n) is 10.5. The van der Waals surface area contributed by atoms with Crippen LogP contribution in [0.4, 0.5) is 0 Å². The van der Waals surface area contributed by atoms with Crippen molar-refractivity contribution in [3.8, 4) is 0 Å². The van der Waals surface area contributed by atoms with Gasteiger partial charge in [-0.2, -0.15) is 0 Å². The second-order valence-corrected chi connectivity index (χ2v) is 14.9. The van der Waals surface area contributed by atoms with E-state index in [4.69, 9.17) is 18.9 Å². The van der Waals surface area contributed by atoms with Gasteiger partial charge in [0.05, 0.1) is 25.9 Å². The van der Waals surface area contributed by atoms with E-state index < -0.39 is 0 Å². The molecule has 1 N–H and O–H groups in total. The van der Waals surface area contributed by atoms with Gasteiger partial charge >= 0.3 is 17.9 Å². The van der Waals surface area contributed by atoms with Crippen LogP contribution in [-0.4, -0.2) is 62.7 Å². The molecule has 8 nitrogen and oxygen atoms in total. The molecule has 0 aromatic heterocycles. The number of ether oxygens (including phenoxy) is 4. The molecule has 0 amide bonds. The molecule has 0 aromatic carbocycles. The van der Waals surface area contributed by atoms with Crippen LogP contribution >= 0.6 is 0 Å². The number of aliphatic hydroxyl groups excluding tert-OH is 1. The van der Waals surface area contributed by atoms with Gasteiger partial charge in [-0.1, -0.05) is 110 Å². The molecule has 1 fully saturated rings. The van der Waals surface area contributed by atoms with Gasteiger partial charge in [0, 0.05) is 33.0 Å². The summed E-state index contributed by atoms with van der Waals surface area (Å²) in [6.45, 7) is 3.79. The van der Waals surface area contributed by atoms with E-state index in [0.717, 1.165) is 116 Å². The van der Waals surface area contributed by atoms with Crippen molar-refractivity contribution >= 4 is 17.9 Å². The standard InChI is InChI=1S/C42H78O8/c1-3-4-5-6-8-11-26-39(47-2)27-12-9-7-10-13-28-42(46)50-36-32-38-23-15-17-30-41(45)48-34-20-18-24-37(31-33-43)22-14-16-29-40(44)49-35-21-19-25-38/h37-39,43H,3-36H2,1-2H3. The predicted molar refractivity (Wildman–Crippen MR) is 202 cm³/mol. The Bertz CT molecular complexity index is 803. The summed E-state index contributed by atoms with van der Waals surface area (Å²) in [5.74, 6) is 0.528. The number of hydrogen-bond acceptors (Lipinski definition) is 8. The van der Waals surface area contributed by atoms with Gasteiger partial charge in [0.2, 0.25) is 0 Å². The second kappa shape index (κ2) is 34.4. The van der Waals surface area contributed by atoms with Gasteiger partial charge in [-0.3, -0.25) is 14.4 Å². The highest BCUT2D eigenvalue weighted by Gasteiger charge is 2.14. The molecule has 294 valence electrons. The summed E-state index contributed by atoms with van der Waals surface area (Å²) in [5.41, 5.74) is 0. The van der Waals surface area contributed by atoms with Crippen molar-refractivity contribution < 1.29 is 38.4 Å². The summed E-state index contributed by atoms with van der Waals surface area (Å²) in [6, 6.07) is 0. The lowest BCUT2D eigenvalue weighted by molar-refractivity contribution is -0.145. The van der Waals surface area contributed by atoms with E-state index in [0.29, 0.717) is 57.0 Å². The molecular formula is C42H78O8. The SMILES string of the molecule is CCCCCCCCC(CCCCCCCC(=O)OCCC1CCCCOC(=O)CCCCC(CCO)CCCCOC(=O)CCCC1)OC. The third kappa shape index (κ3) is 29.0. The fourth-order valence-corrected chi connectivity index (χ4v) is 7.16. The summed E-state index contributed by atoms with van der Waals surface area (Å²) >= 11 is 0. The number of hydrogen-bond donors (Lipinski definition) is 1. The van der Waals surface area contributed by atoms with Crippen LogP contribution in [0.15, 0.2) is 0 Å². The highest BCUT2D eigenvalue weighted by molar-refractivity contribution is 5.69. The lowest BCUT2D eigenvalue weighted by atomic mass is 9.92. The molecule has 50 heavy (non-hydrogen) atoms. The summed E-state index contributed by atoms with van der Waals surface area (Å²) in [5, 5.41) is 9.40. The first-order chi connectivity index (χ1) is 24.5. The molecule has 0 radical (unpaired) electrons. The van der Waals surface area contributed by atoms with Crippen molar-refractivity contribution in [2.75, 3.05) is 33.5 Å². The molecule has 0 saturated carbocycles. The molecule has 1 heterocycles. The summed E-state index contributed by atoms with van der Waals surface area (Å²) in [6.07, 6.45) is 30.2. The zero-order valence-electron chi connectivity index (χ0n) is 32.6. The molecule has 1 aliphatic heterocycles. The first-order valence-electron chi connectivity index (χ1n) is 21.1. The lowest BCUT2D eigenvalue weighted by Gasteiger charge is -2.17. The maximum atomic E-state index is 12.4. The first kappa shape index (κ1) is 46.4. The number of rotatable bonds is 21. The fourth-order valence-electron chi connectivity index (χ4n) is 7.16. The van der Waals surface area contributed by atoms with Gasteiger partial charge < -0.3 is 24.1 Å². The van der Waals surface area contributed by atoms with Crippen LogP contribution in [0.2, 0.25) is 0 Å². The Morgan fingerprint density at radius 1 is 0.680 bits per heavy atom. The summed E-state index contributed by atoms with van der Waals surface area (Å²) < 4.78 is 22.3. The number of unbranched alkanes of at least 4 members (excludes halogenated alkanes) is 9. The number of cyclic esters (lactones) is 2. The molecule has 0 aliphatic carbocycles. The Morgan fingerprint density at radius 3 is 1.68 bits per heavy atom. The average Bonchev–Trinajstić information content (AvgIpc) is 3.10. The highest BCUT2D eigenvalue weighted by Crippen LogP contribution is 2.23. The van der Waals surface area contributed by atoms with Crippen molar-refractivity contribution in [2.24, 2.45) is 11.8 Å². The molecule has 3 atom stereocenters. The van der Waals surface area contributed by atoms with E-state index in [-0.39, 0.29) is 24.5 Å². The van der Waals surface area contributed by atoms with Crippen molar-refractivity contribution in [2.45, 2.75) is 206 Å². The van der Waals surface area contributed by atoms with E-state index in [1.54, 1.807) is 0 Å². The quantitative estimate of drug-likeness (QED) is 0.0712. The first-order valence-corrected chi connectivity index (χ1v) is 21.1. The van der Waals surface area contributed by atoms with Crippen molar-refractivity contribution in [1.29, 1.82) is 0 Å². The van der Waals surface area contributed by atoms with Gasteiger partial charge in [0.15, 0.2) is 0 Å². The molecule has 1 aliphatic rings. The molecular weight excluding hydrogens is 632 g/mol. The second-order valence-electron chi connectivity index (χ2n) is 14.9.